The summed E-state index contributed by atoms with van der Waals surface area (Å²) in [5, 5.41) is 2.33. The molecule has 4 aromatic rings. The van der Waals surface area contributed by atoms with Gasteiger partial charge >= 0.3 is 6.36 Å². The van der Waals surface area contributed by atoms with Gasteiger partial charge in [-0.2, -0.15) is 0 Å². The average Bonchev–Trinajstić information content (AvgIpc) is 3.13. The lowest BCUT2D eigenvalue weighted by atomic mass is 10.2. The molecule has 0 bridgehead atoms. The van der Waals surface area contributed by atoms with Crippen LogP contribution < -0.4 is 14.8 Å². The minimum absolute atomic E-state index is 0.00758. The molecule has 1 heterocycles. The van der Waals surface area contributed by atoms with Crippen molar-refractivity contribution in [1.29, 1.82) is 0 Å². The highest BCUT2D eigenvalue weighted by Crippen LogP contribution is 2.44. The second kappa shape index (κ2) is 9.24. The van der Waals surface area contributed by atoms with Gasteiger partial charge in [0, 0.05) is 0 Å². The maximum Gasteiger partial charge on any atom is 0.573 e. The van der Waals surface area contributed by atoms with Gasteiger partial charge in [-0.1, -0.05) is 40.6 Å². The van der Waals surface area contributed by atoms with Crippen LogP contribution in [-0.2, 0) is 0 Å². The lowest BCUT2D eigenvalue weighted by Gasteiger charge is -2.12. The third kappa shape index (κ3) is 5.16. The number of thiazole rings is 1. The first-order valence-electron chi connectivity index (χ1n) is 9.09. The van der Waals surface area contributed by atoms with E-state index in [1.54, 1.807) is 0 Å². The molecule has 1 aromatic heterocycles. The third-order valence-electron chi connectivity index (χ3n) is 4.22. The van der Waals surface area contributed by atoms with Crippen molar-refractivity contribution in [2.75, 3.05) is 5.32 Å². The van der Waals surface area contributed by atoms with Crippen LogP contribution in [0.5, 0.6) is 17.2 Å². The van der Waals surface area contributed by atoms with Gasteiger partial charge in [-0.3, -0.25) is 10.1 Å². The molecule has 13 heteroatoms. The van der Waals surface area contributed by atoms with Gasteiger partial charge in [-0.15, -0.1) is 13.2 Å². The first kappa shape index (κ1) is 24.0. The minimum Gasteiger partial charge on any atom is -0.454 e. The van der Waals surface area contributed by atoms with Crippen LogP contribution >= 0.6 is 34.5 Å². The lowest BCUT2D eigenvalue weighted by molar-refractivity contribution is -0.274. The van der Waals surface area contributed by atoms with Gasteiger partial charge in [0.1, 0.15) is 33.7 Å². The molecule has 0 aliphatic carbocycles. The summed E-state index contributed by atoms with van der Waals surface area (Å²) in [6.07, 6.45) is -4.84. The number of alkyl halides is 3. The summed E-state index contributed by atoms with van der Waals surface area (Å²) in [5.74, 6) is -3.46. The van der Waals surface area contributed by atoms with E-state index >= 15 is 0 Å². The Balaban J connectivity index is 1.59. The summed E-state index contributed by atoms with van der Waals surface area (Å²) in [7, 11) is 0. The summed E-state index contributed by atoms with van der Waals surface area (Å²) in [4.78, 5) is 16.5. The highest BCUT2D eigenvalue weighted by molar-refractivity contribution is 7.23. The summed E-state index contributed by atoms with van der Waals surface area (Å²) in [6.45, 7) is 0. The maximum atomic E-state index is 13.9. The molecule has 3 aromatic carbocycles. The monoisotopic (exact) mass is 534 g/mol. The first-order valence-corrected chi connectivity index (χ1v) is 10.7. The molecule has 0 saturated heterocycles. The summed E-state index contributed by atoms with van der Waals surface area (Å²) >= 11 is 13.5. The number of carbonyl (C=O) groups excluding carboxylic acids is 1. The molecule has 0 atom stereocenters. The van der Waals surface area contributed by atoms with Gasteiger partial charge in [-0.25, -0.2) is 13.8 Å². The van der Waals surface area contributed by atoms with Crippen LogP contribution in [0.2, 0.25) is 10.0 Å². The minimum atomic E-state index is -4.84. The molecule has 34 heavy (non-hydrogen) atoms. The molecule has 0 spiro atoms. The van der Waals surface area contributed by atoms with Crippen molar-refractivity contribution in [2.24, 2.45) is 0 Å². The van der Waals surface area contributed by atoms with Crippen LogP contribution in [0.3, 0.4) is 0 Å². The Kier molecular flexibility index (Phi) is 6.52. The van der Waals surface area contributed by atoms with Gasteiger partial charge in [0.15, 0.2) is 10.9 Å². The highest BCUT2D eigenvalue weighted by Gasteiger charge is 2.31. The topological polar surface area (TPSA) is 60.5 Å². The van der Waals surface area contributed by atoms with Crippen molar-refractivity contribution >= 4 is 55.8 Å². The Hall–Kier alpha value is -3.15. The number of hydrogen-bond donors (Lipinski definition) is 1. The largest absolute Gasteiger partial charge is 0.573 e. The molecule has 0 aliphatic rings. The zero-order valence-corrected chi connectivity index (χ0v) is 18.7. The molecular formula is C21H9Cl2F5N2O3S. The first-order chi connectivity index (χ1) is 16.0. The number of benzene rings is 3. The van der Waals surface area contributed by atoms with Crippen molar-refractivity contribution in [3.8, 4) is 17.2 Å². The number of ether oxygens (including phenoxy) is 2. The molecule has 1 amide bonds. The fourth-order valence-electron chi connectivity index (χ4n) is 2.83. The molecule has 0 radical (unpaired) electrons. The lowest BCUT2D eigenvalue weighted by Crippen LogP contribution is -2.16. The van der Waals surface area contributed by atoms with E-state index in [0.29, 0.717) is 4.70 Å². The normalized spacial score (nSPS) is 11.5. The number of carbonyl (C=O) groups is 1. The molecule has 0 unspecified atom stereocenters. The zero-order valence-electron chi connectivity index (χ0n) is 16.3. The van der Waals surface area contributed by atoms with Crippen molar-refractivity contribution in [2.45, 2.75) is 6.36 Å². The van der Waals surface area contributed by atoms with E-state index in [1.807, 2.05) is 0 Å². The number of hydrogen-bond acceptors (Lipinski definition) is 5. The van der Waals surface area contributed by atoms with Crippen molar-refractivity contribution in [3.63, 3.8) is 0 Å². The second-order valence-corrected chi connectivity index (χ2v) is 8.33. The van der Waals surface area contributed by atoms with E-state index in [2.05, 4.69) is 15.0 Å². The van der Waals surface area contributed by atoms with Crippen molar-refractivity contribution in [3.05, 3.63) is 75.8 Å². The van der Waals surface area contributed by atoms with Crippen LogP contribution in [0.1, 0.15) is 10.4 Å². The van der Waals surface area contributed by atoms with Crippen molar-refractivity contribution < 1.29 is 36.2 Å². The summed E-state index contributed by atoms with van der Waals surface area (Å²) in [5.41, 5.74) is -0.501. The van der Waals surface area contributed by atoms with Crippen LogP contribution in [0.15, 0.2) is 48.5 Å². The van der Waals surface area contributed by atoms with Crippen molar-refractivity contribution in [1.82, 2.24) is 4.98 Å². The Bertz CT molecular complexity index is 1370. The predicted molar refractivity (Wildman–Crippen MR) is 117 cm³/mol. The van der Waals surface area contributed by atoms with Gasteiger partial charge < -0.3 is 9.47 Å². The Morgan fingerprint density at radius 2 is 1.62 bits per heavy atom. The molecule has 176 valence electrons. The van der Waals surface area contributed by atoms with E-state index in [1.165, 1.54) is 18.2 Å². The van der Waals surface area contributed by atoms with E-state index in [9.17, 15) is 26.7 Å². The third-order valence-corrected chi connectivity index (χ3v) is 5.98. The van der Waals surface area contributed by atoms with Crippen LogP contribution in [0, 0.1) is 11.6 Å². The Morgan fingerprint density at radius 1 is 1.00 bits per heavy atom. The Morgan fingerprint density at radius 3 is 2.24 bits per heavy atom. The average molecular weight is 535 g/mol. The van der Waals surface area contributed by atoms with E-state index < -0.39 is 35.2 Å². The smallest absolute Gasteiger partial charge is 0.454 e. The van der Waals surface area contributed by atoms with Gasteiger partial charge in [0.2, 0.25) is 0 Å². The number of anilines is 1. The van der Waals surface area contributed by atoms with Crippen LogP contribution in [0.4, 0.5) is 27.1 Å². The molecule has 0 aliphatic heterocycles. The molecular weight excluding hydrogens is 526 g/mol. The van der Waals surface area contributed by atoms with E-state index in [4.69, 9.17) is 27.9 Å². The number of nitrogens with one attached hydrogen (secondary N) is 1. The second-order valence-electron chi connectivity index (χ2n) is 6.54. The zero-order chi connectivity index (χ0) is 24.6. The van der Waals surface area contributed by atoms with E-state index in [-0.39, 0.29) is 32.2 Å². The number of fused-ring (bicyclic) bond motifs is 1. The van der Waals surface area contributed by atoms with Gasteiger partial charge in [0.25, 0.3) is 5.91 Å². The molecule has 5 nitrogen and oxygen atoms in total. The van der Waals surface area contributed by atoms with E-state index in [0.717, 1.165) is 41.7 Å². The fourth-order valence-corrected chi connectivity index (χ4v) is 4.34. The maximum absolute atomic E-state index is 13.9. The summed E-state index contributed by atoms with van der Waals surface area (Å²) < 4.78 is 74.4. The summed E-state index contributed by atoms with van der Waals surface area (Å²) in [6, 6.07) is 8.93. The molecule has 0 saturated carbocycles. The standard InChI is InChI=1S/C21H9Cl2F5N2O3S/c22-11-8-14-18(34-20(29-14)30-19(31)15-12(24)2-1-3-13(15)25)16(23)17(11)32-9-4-6-10(7-5-9)33-21(26,27)28/h1-8H,(H,29,30,31). The Labute approximate surface area is 201 Å². The fraction of sp³-hybridized carbons (Fsp3) is 0.0476. The SMILES string of the molecule is O=C(Nc1nc2cc(Cl)c(Oc3ccc(OC(F)(F)F)cc3)c(Cl)c2s1)c1c(F)cccc1F. The van der Waals surface area contributed by atoms with Gasteiger partial charge in [0.05, 0.1) is 15.2 Å². The molecule has 1 N–H and O–H groups in total. The quantitative estimate of drug-likeness (QED) is 0.265. The number of nitrogens with zero attached hydrogens (tertiary/aromatic N) is 1. The predicted octanol–water partition coefficient (Wildman–Crippen LogP) is 7.82. The van der Waals surface area contributed by atoms with Gasteiger partial charge in [-0.05, 0) is 42.5 Å². The highest BCUT2D eigenvalue weighted by atomic mass is 35.5. The molecule has 4 rings (SSSR count). The number of rotatable bonds is 5. The number of aromatic nitrogens is 1. The van der Waals surface area contributed by atoms with Crippen LogP contribution in [0.25, 0.3) is 10.2 Å². The number of halogens is 7. The number of amides is 1. The van der Waals surface area contributed by atoms with Crippen LogP contribution in [-0.4, -0.2) is 17.3 Å². The molecule has 0 fully saturated rings.